The van der Waals surface area contributed by atoms with Crippen LogP contribution in [0.25, 0.3) is 5.69 Å². The summed E-state index contributed by atoms with van der Waals surface area (Å²) in [5.41, 5.74) is 4.78. The van der Waals surface area contributed by atoms with Crippen molar-refractivity contribution >= 4 is 44.0 Å². The fraction of sp³-hybridized carbons (Fsp3) is 0.0526. The summed E-state index contributed by atoms with van der Waals surface area (Å²) < 4.78 is 8.99. The van der Waals surface area contributed by atoms with Crippen molar-refractivity contribution in [1.82, 2.24) is 9.99 Å². The Morgan fingerprint density at radius 3 is 2.58 bits per heavy atom. The van der Waals surface area contributed by atoms with Gasteiger partial charge in [-0.3, -0.25) is 4.79 Å². The molecule has 0 fully saturated rings. The lowest BCUT2D eigenvalue weighted by atomic mass is 10.2. The third kappa shape index (κ3) is 4.23. The Balaban J connectivity index is 1.76. The van der Waals surface area contributed by atoms with E-state index in [1.54, 1.807) is 18.3 Å². The second-order valence-corrected chi connectivity index (χ2v) is 7.15. The first kappa shape index (κ1) is 18.4. The summed E-state index contributed by atoms with van der Waals surface area (Å²) in [4.78, 5) is 12.4. The van der Waals surface area contributed by atoms with Crippen molar-refractivity contribution in [2.45, 2.75) is 0 Å². The lowest BCUT2D eigenvalue weighted by molar-refractivity contribution is 0.0952. The van der Waals surface area contributed by atoms with Crippen molar-refractivity contribution in [3.63, 3.8) is 0 Å². The number of carbonyl (C=O) groups excluding carboxylic acids is 1. The molecule has 2 aromatic carbocycles. The fourth-order valence-electron chi connectivity index (χ4n) is 2.41. The topological polar surface area (TPSA) is 55.6 Å². The lowest BCUT2D eigenvalue weighted by Gasteiger charge is -2.08. The molecule has 0 aliphatic rings. The number of halogens is 2. The normalized spacial score (nSPS) is 10.9. The molecule has 0 aliphatic heterocycles. The molecule has 1 aromatic heterocycles. The van der Waals surface area contributed by atoms with Crippen LogP contribution in [0.15, 0.2) is 74.8 Å². The van der Waals surface area contributed by atoms with Crippen LogP contribution in [0.3, 0.4) is 0 Å². The van der Waals surface area contributed by atoms with Gasteiger partial charge in [0.25, 0.3) is 5.91 Å². The molecule has 0 saturated heterocycles. The SMILES string of the molecule is COc1ccc(Br)cc1C(=O)N/N=C\c1cccn1-c1ccc(Br)cc1. The van der Waals surface area contributed by atoms with E-state index in [-0.39, 0.29) is 5.91 Å². The molecule has 0 radical (unpaired) electrons. The molecule has 0 aliphatic carbocycles. The average molecular weight is 477 g/mol. The number of hydrazone groups is 1. The second kappa shape index (κ2) is 8.33. The molecule has 5 nitrogen and oxygen atoms in total. The van der Waals surface area contributed by atoms with Crippen LogP contribution in [-0.2, 0) is 0 Å². The van der Waals surface area contributed by atoms with Crippen LogP contribution in [0.1, 0.15) is 16.1 Å². The van der Waals surface area contributed by atoms with Gasteiger partial charge in [0.05, 0.1) is 24.6 Å². The van der Waals surface area contributed by atoms with E-state index in [4.69, 9.17) is 4.74 Å². The highest BCUT2D eigenvalue weighted by Gasteiger charge is 2.12. The average Bonchev–Trinajstić information content (AvgIpc) is 3.10. The third-order valence-electron chi connectivity index (χ3n) is 3.65. The van der Waals surface area contributed by atoms with Gasteiger partial charge >= 0.3 is 0 Å². The maximum Gasteiger partial charge on any atom is 0.275 e. The summed E-state index contributed by atoms with van der Waals surface area (Å²) in [6.07, 6.45) is 3.54. The van der Waals surface area contributed by atoms with Crippen molar-refractivity contribution in [3.8, 4) is 11.4 Å². The van der Waals surface area contributed by atoms with E-state index in [9.17, 15) is 4.79 Å². The predicted octanol–water partition coefficient (Wildman–Crippen LogP) is 4.77. The van der Waals surface area contributed by atoms with Gasteiger partial charge in [0, 0.05) is 20.8 Å². The summed E-state index contributed by atoms with van der Waals surface area (Å²) in [5, 5.41) is 4.07. The van der Waals surface area contributed by atoms with Crippen LogP contribution in [0.2, 0.25) is 0 Å². The Morgan fingerprint density at radius 1 is 1.12 bits per heavy atom. The number of benzene rings is 2. The van der Waals surface area contributed by atoms with Gasteiger partial charge in [-0.25, -0.2) is 5.43 Å². The van der Waals surface area contributed by atoms with E-state index in [0.717, 1.165) is 20.3 Å². The number of hydrogen-bond donors (Lipinski definition) is 1. The maximum atomic E-state index is 12.4. The number of hydrogen-bond acceptors (Lipinski definition) is 3. The smallest absolute Gasteiger partial charge is 0.275 e. The van der Waals surface area contributed by atoms with Crippen LogP contribution < -0.4 is 10.2 Å². The largest absolute Gasteiger partial charge is 0.496 e. The number of aromatic nitrogens is 1. The van der Waals surface area contributed by atoms with E-state index < -0.39 is 0 Å². The Bertz CT molecular complexity index is 950. The Morgan fingerprint density at radius 2 is 1.85 bits per heavy atom. The van der Waals surface area contributed by atoms with Gasteiger partial charge in [-0.1, -0.05) is 31.9 Å². The highest BCUT2D eigenvalue weighted by Crippen LogP contribution is 2.22. The molecule has 1 N–H and O–H groups in total. The predicted molar refractivity (Wildman–Crippen MR) is 109 cm³/mol. The first-order valence-electron chi connectivity index (χ1n) is 7.69. The summed E-state index contributed by atoms with van der Waals surface area (Å²) in [7, 11) is 1.52. The highest BCUT2D eigenvalue weighted by molar-refractivity contribution is 9.10. The molecule has 132 valence electrons. The van der Waals surface area contributed by atoms with Gasteiger partial charge in [-0.15, -0.1) is 0 Å². The van der Waals surface area contributed by atoms with Gasteiger partial charge in [0.2, 0.25) is 0 Å². The van der Waals surface area contributed by atoms with Gasteiger partial charge in [0.15, 0.2) is 0 Å². The van der Waals surface area contributed by atoms with E-state index in [0.29, 0.717) is 11.3 Å². The maximum absolute atomic E-state index is 12.4. The monoisotopic (exact) mass is 475 g/mol. The zero-order valence-corrected chi connectivity index (χ0v) is 17.0. The quantitative estimate of drug-likeness (QED) is 0.425. The van der Waals surface area contributed by atoms with Crippen LogP contribution in [0.4, 0.5) is 0 Å². The minimum absolute atomic E-state index is 0.346. The van der Waals surface area contributed by atoms with Gasteiger partial charge in [0.1, 0.15) is 5.75 Å². The fourth-order valence-corrected chi connectivity index (χ4v) is 3.04. The molecule has 0 saturated carbocycles. The van der Waals surface area contributed by atoms with E-state index >= 15 is 0 Å². The standard InChI is InChI=1S/C19H15Br2N3O2/c1-26-18-9-6-14(21)11-17(18)19(25)23-22-12-16-3-2-10-24(16)15-7-4-13(20)5-8-15/h2-12H,1H3,(H,23,25)/b22-12-. The molecular weight excluding hydrogens is 462 g/mol. The number of rotatable bonds is 5. The molecule has 0 spiro atoms. The second-order valence-electron chi connectivity index (χ2n) is 5.32. The van der Waals surface area contributed by atoms with E-state index in [1.165, 1.54) is 7.11 Å². The molecule has 1 heterocycles. The first-order chi connectivity index (χ1) is 12.6. The number of nitrogens with one attached hydrogen (secondary N) is 1. The summed E-state index contributed by atoms with van der Waals surface area (Å²) in [6, 6.07) is 17.0. The minimum Gasteiger partial charge on any atom is -0.496 e. The summed E-state index contributed by atoms with van der Waals surface area (Å²) in [5.74, 6) is 0.139. The molecular formula is C19H15Br2N3O2. The van der Waals surface area contributed by atoms with Crippen LogP contribution in [-0.4, -0.2) is 23.8 Å². The Labute approximate surface area is 167 Å². The number of carbonyl (C=O) groups is 1. The molecule has 1 amide bonds. The van der Waals surface area contributed by atoms with E-state index in [2.05, 4.69) is 42.4 Å². The van der Waals surface area contributed by atoms with E-state index in [1.807, 2.05) is 53.2 Å². The number of nitrogens with zero attached hydrogens (tertiary/aromatic N) is 2. The zero-order valence-electron chi connectivity index (χ0n) is 13.8. The van der Waals surface area contributed by atoms with Crippen molar-refractivity contribution in [1.29, 1.82) is 0 Å². The van der Waals surface area contributed by atoms with Crippen LogP contribution in [0, 0.1) is 0 Å². The van der Waals surface area contributed by atoms with Crippen LogP contribution in [0.5, 0.6) is 5.75 Å². The number of ether oxygens (including phenoxy) is 1. The van der Waals surface area contributed by atoms with Crippen LogP contribution >= 0.6 is 31.9 Å². The summed E-state index contributed by atoms with van der Waals surface area (Å²) in [6.45, 7) is 0. The molecule has 0 bridgehead atoms. The number of amides is 1. The van der Waals surface area contributed by atoms with Gasteiger partial charge in [-0.05, 0) is 54.6 Å². The van der Waals surface area contributed by atoms with Crippen molar-refractivity contribution in [2.24, 2.45) is 5.10 Å². The molecule has 0 unspecified atom stereocenters. The lowest BCUT2D eigenvalue weighted by Crippen LogP contribution is -2.18. The zero-order chi connectivity index (χ0) is 18.5. The molecule has 3 aromatic rings. The molecule has 7 heteroatoms. The Hall–Kier alpha value is -2.38. The summed E-state index contributed by atoms with van der Waals surface area (Å²) >= 11 is 6.78. The van der Waals surface area contributed by atoms with Gasteiger partial charge < -0.3 is 9.30 Å². The van der Waals surface area contributed by atoms with Gasteiger partial charge in [-0.2, -0.15) is 5.10 Å². The van der Waals surface area contributed by atoms with Crippen molar-refractivity contribution in [2.75, 3.05) is 7.11 Å². The molecule has 0 atom stereocenters. The van der Waals surface area contributed by atoms with Crippen molar-refractivity contribution in [3.05, 3.63) is 81.0 Å². The number of methoxy groups -OCH3 is 1. The minimum atomic E-state index is -0.346. The van der Waals surface area contributed by atoms with Crippen molar-refractivity contribution < 1.29 is 9.53 Å². The highest BCUT2D eigenvalue weighted by atomic mass is 79.9. The Kier molecular flexibility index (Phi) is 5.90. The molecule has 26 heavy (non-hydrogen) atoms. The first-order valence-corrected chi connectivity index (χ1v) is 9.27. The third-order valence-corrected chi connectivity index (χ3v) is 4.68. The molecule has 3 rings (SSSR count).